The molecule has 0 bridgehead atoms. The maximum atomic E-state index is 3.72. The van der Waals surface area contributed by atoms with Gasteiger partial charge in [0.25, 0.3) is 0 Å². The van der Waals surface area contributed by atoms with Crippen molar-refractivity contribution in [1.29, 1.82) is 0 Å². The molecule has 3 aliphatic carbocycles. The van der Waals surface area contributed by atoms with Crippen molar-refractivity contribution in [3.8, 4) is 57.8 Å². The summed E-state index contributed by atoms with van der Waals surface area (Å²) in [4.78, 5) is 0. The number of rotatable bonds is 26. The maximum Gasteiger partial charge on any atom is 0.0824 e. The quantitative estimate of drug-likeness (QED) is 0.0288. The zero-order chi connectivity index (χ0) is 63.2. The second-order valence-corrected chi connectivity index (χ2v) is 25.2. The third kappa shape index (κ3) is 14.9. The number of hydrogen-bond acceptors (Lipinski definition) is 0. The first-order chi connectivity index (χ1) is 45.5. The van der Waals surface area contributed by atoms with Gasteiger partial charge in [-0.2, -0.15) is 0 Å². The number of unbranched alkanes of at least 4 members (excludes halogenated alkanes) is 12. The number of benzene rings is 8. The lowest BCUT2D eigenvalue weighted by atomic mass is 9.70. The zero-order valence-corrected chi connectivity index (χ0v) is 54.8. The van der Waals surface area contributed by atoms with E-state index in [0.717, 1.165) is 59.1 Å². The average Bonchev–Trinajstić information content (AvgIpc) is 1.58. The van der Waals surface area contributed by atoms with Gasteiger partial charge in [0.15, 0.2) is 0 Å². The van der Waals surface area contributed by atoms with Crippen LogP contribution in [0.15, 0.2) is 241 Å². The van der Waals surface area contributed by atoms with Gasteiger partial charge in [0, 0.05) is 10.8 Å². The first-order valence-electron chi connectivity index (χ1n) is 34.5. The van der Waals surface area contributed by atoms with E-state index in [4.69, 9.17) is 0 Å². The Bertz CT molecular complexity index is 4130. The van der Waals surface area contributed by atoms with Gasteiger partial charge in [-0.25, -0.2) is 0 Å². The maximum absolute atomic E-state index is 3.72. The molecule has 8 aromatic carbocycles. The summed E-state index contributed by atoms with van der Waals surface area (Å²) in [6.45, 7) is 9.23. The highest BCUT2D eigenvalue weighted by Crippen LogP contribution is 2.56. The predicted octanol–water partition coefficient (Wildman–Crippen LogP) is 24.2. The molecule has 0 heteroatoms. The molecule has 3 aliphatic rings. The largest absolute Gasteiger partial charge is 0.0824 e. The lowest BCUT2D eigenvalue weighted by Gasteiger charge is -2.33. The second-order valence-electron chi connectivity index (χ2n) is 25.2. The van der Waals surface area contributed by atoms with Crippen molar-refractivity contribution >= 4 is 33.4 Å². The van der Waals surface area contributed by atoms with E-state index in [9.17, 15) is 0 Å². The van der Waals surface area contributed by atoms with Crippen LogP contribution in [-0.4, -0.2) is 0 Å². The first-order valence-corrected chi connectivity index (χ1v) is 34.5. The van der Waals surface area contributed by atoms with Crippen molar-refractivity contribution in [1.82, 2.24) is 0 Å². The van der Waals surface area contributed by atoms with Gasteiger partial charge in [0.1, 0.15) is 0 Å². The van der Waals surface area contributed by atoms with Gasteiger partial charge in [-0.1, -0.05) is 394 Å². The molecule has 0 atom stereocenters. The van der Waals surface area contributed by atoms with Crippen molar-refractivity contribution in [3.05, 3.63) is 296 Å². The molecule has 8 aromatic rings. The molecule has 0 spiro atoms. The minimum Gasteiger partial charge on any atom is -0.0654 e. The first kappa shape index (κ1) is 63.9. The molecule has 0 aromatic heterocycles. The highest BCUT2D eigenvalue weighted by atomic mass is 14.5. The summed E-state index contributed by atoms with van der Waals surface area (Å²) in [5, 5.41) is 0. The van der Waals surface area contributed by atoms with Crippen LogP contribution in [0.4, 0.5) is 0 Å². The average molecular weight is 1190 g/mol. The fourth-order valence-corrected chi connectivity index (χ4v) is 14.2. The highest BCUT2D eigenvalue weighted by Gasteiger charge is 2.44. The van der Waals surface area contributed by atoms with Crippen LogP contribution in [-0.2, 0) is 10.8 Å². The molecular formula is C92H86. The van der Waals surface area contributed by atoms with Crippen molar-refractivity contribution in [2.45, 2.75) is 167 Å². The molecule has 0 N–H and O–H groups in total. The Morgan fingerprint density at radius 2 is 0.457 bits per heavy atom. The number of fused-ring (bicyclic) bond motifs is 6. The molecule has 0 aliphatic heterocycles. The van der Waals surface area contributed by atoms with E-state index in [1.54, 1.807) is 0 Å². The van der Waals surface area contributed by atoms with Gasteiger partial charge in [0.2, 0.25) is 0 Å². The smallest absolute Gasteiger partial charge is 0.0654 e. The predicted molar refractivity (Wildman–Crippen MR) is 391 cm³/mol. The molecule has 0 fully saturated rings. The van der Waals surface area contributed by atoms with Gasteiger partial charge in [-0.15, -0.1) is 0 Å². The summed E-state index contributed by atoms with van der Waals surface area (Å²) in [6, 6.07) is 73.9. The van der Waals surface area contributed by atoms with Gasteiger partial charge >= 0.3 is 0 Å². The van der Waals surface area contributed by atoms with Gasteiger partial charge in [-0.3, -0.25) is 0 Å². The minimum absolute atomic E-state index is 0.120. The normalized spacial score (nSPS) is 13.9. The van der Waals surface area contributed by atoms with Crippen molar-refractivity contribution in [2.24, 2.45) is 0 Å². The third-order valence-electron chi connectivity index (χ3n) is 19.1. The van der Waals surface area contributed by atoms with Gasteiger partial charge in [0.05, 0.1) is 33.4 Å². The molecule has 0 radical (unpaired) electrons. The summed E-state index contributed by atoms with van der Waals surface area (Å²) in [6.07, 6.45) is 23.8. The molecule has 11 rings (SSSR count). The molecule has 92 heavy (non-hydrogen) atoms. The van der Waals surface area contributed by atoms with Crippen LogP contribution >= 0.6 is 0 Å². The highest BCUT2D eigenvalue weighted by molar-refractivity contribution is 5.93. The summed E-state index contributed by atoms with van der Waals surface area (Å²) >= 11 is 0. The molecule has 0 nitrogen and oxygen atoms in total. The topological polar surface area (TPSA) is 0 Å². The Morgan fingerprint density at radius 3 is 0.728 bits per heavy atom. The van der Waals surface area contributed by atoms with Crippen LogP contribution in [0.1, 0.15) is 212 Å². The summed E-state index contributed by atoms with van der Waals surface area (Å²) < 4.78 is 0. The van der Waals surface area contributed by atoms with E-state index in [2.05, 4.69) is 280 Å². The summed E-state index contributed by atoms with van der Waals surface area (Å²) in [7, 11) is 0. The molecule has 454 valence electrons. The van der Waals surface area contributed by atoms with Gasteiger partial charge < -0.3 is 0 Å². The van der Waals surface area contributed by atoms with E-state index >= 15 is 0 Å². The molecule has 0 amide bonds. The second kappa shape index (κ2) is 31.9. The Kier molecular flexibility index (Phi) is 22.1. The van der Waals surface area contributed by atoms with Crippen LogP contribution in [0.5, 0.6) is 0 Å². The molecular weight excluding hydrogens is 1110 g/mol. The van der Waals surface area contributed by atoms with Crippen LogP contribution in [0.25, 0.3) is 55.7 Å². The van der Waals surface area contributed by atoms with Crippen molar-refractivity contribution in [2.75, 3.05) is 0 Å². The van der Waals surface area contributed by atoms with E-state index in [1.807, 2.05) is 24.3 Å². The minimum atomic E-state index is -0.120. The monoisotopic (exact) mass is 1190 g/mol. The molecule has 0 saturated carbocycles. The Balaban J connectivity index is 1.20. The zero-order valence-electron chi connectivity index (χ0n) is 54.8. The summed E-state index contributed by atoms with van der Waals surface area (Å²) in [5.41, 5.74) is 42.7. The third-order valence-corrected chi connectivity index (χ3v) is 19.1. The van der Waals surface area contributed by atoms with E-state index in [1.165, 1.54) is 147 Å². The lowest BCUT2D eigenvalue weighted by Crippen LogP contribution is -2.25. The van der Waals surface area contributed by atoms with E-state index in [-0.39, 0.29) is 10.8 Å². The van der Waals surface area contributed by atoms with E-state index < -0.39 is 0 Å². The SMILES string of the molecule is CCCCCCC1(CCCCCC)c2ccccc2-c2ccc(C3=C=C=C(c4ccccc4)C#CC(c4ccccc4)=C=C=C(c4ccc5c(c4)C(CCCCCC)(CCCCCC)c4ccccc4-5)C#CC(c4ccccc4)=C=C=C(c4ccccc4)C#C3)cc21. The van der Waals surface area contributed by atoms with E-state index in [0.29, 0.717) is 33.4 Å². The summed E-state index contributed by atoms with van der Waals surface area (Å²) in [5.74, 6) is 22.1. The number of hydrogen-bond donors (Lipinski definition) is 0. The van der Waals surface area contributed by atoms with Crippen molar-refractivity contribution in [3.63, 3.8) is 0 Å². The standard InChI is InChI=1S/C92H86/c1-5-9-13-33-65-91(66-34-14-10-6-2)87-47-31-29-45-83(87)85-63-61-81(69-89(85)91)79-57-53-75(71-37-21-17-22-38-71)49-51-77(73-41-25-19-26-42-73)55-59-80(60-56-78(74-43-27-20-28-44-74)52-50-76(54-58-79)72-39-23-18-24-40-72)82-62-64-86-84-46-30-32-48-88(84)92(90(86)70-82,67-35-15-11-7-3)68-36-16-12-8-4/h17-32,37-48,61-64,69-70H,5-16,33-36,65-68H2,1-4H3. The lowest BCUT2D eigenvalue weighted by molar-refractivity contribution is 0.401. The fraction of sp³-hybridized carbons (Fsp3) is 0.283. The molecule has 0 unspecified atom stereocenters. The van der Waals surface area contributed by atoms with Crippen LogP contribution in [0, 0.1) is 35.5 Å². The van der Waals surface area contributed by atoms with Gasteiger partial charge in [-0.05, 0) is 116 Å². The number of allylic oxidation sites excluding steroid dienone is 6. The Morgan fingerprint density at radius 1 is 0.217 bits per heavy atom. The van der Waals surface area contributed by atoms with Crippen LogP contribution in [0.2, 0.25) is 0 Å². The van der Waals surface area contributed by atoms with Crippen molar-refractivity contribution < 1.29 is 0 Å². The van der Waals surface area contributed by atoms with Crippen LogP contribution in [0.3, 0.4) is 0 Å². The Labute approximate surface area is 551 Å². The molecule has 0 saturated heterocycles. The fourth-order valence-electron chi connectivity index (χ4n) is 14.2. The van der Waals surface area contributed by atoms with Crippen LogP contribution < -0.4 is 0 Å². The molecule has 0 heterocycles. The Hall–Kier alpha value is -9.66.